The lowest BCUT2D eigenvalue weighted by Gasteiger charge is -2.27. The number of rotatable bonds is 3. The summed E-state index contributed by atoms with van der Waals surface area (Å²) in [6.07, 6.45) is 5.67. The molecule has 1 aliphatic heterocycles. The SMILES string of the molecule is I.NC(=NCC1(C2CC2)CC1)N1CCSCC1. The Labute approximate surface area is 125 Å². The number of nitrogens with two attached hydrogens (primary N) is 1. The summed E-state index contributed by atoms with van der Waals surface area (Å²) in [5.74, 6) is 4.18. The second-order valence-corrected chi connectivity index (χ2v) is 6.64. The molecule has 3 aliphatic rings. The van der Waals surface area contributed by atoms with Crippen molar-refractivity contribution in [3.63, 3.8) is 0 Å². The number of thioether (sulfide) groups is 1. The van der Waals surface area contributed by atoms with Crippen LogP contribution in [0, 0.1) is 11.3 Å². The third-order valence-corrected chi connectivity index (χ3v) is 5.17. The van der Waals surface area contributed by atoms with Gasteiger partial charge >= 0.3 is 0 Å². The first-order valence-electron chi connectivity index (χ1n) is 6.43. The fraction of sp³-hybridized carbons (Fsp3) is 0.917. The molecule has 2 aliphatic carbocycles. The Kier molecular flexibility index (Phi) is 4.50. The van der Waals surface area contributed by atoms with Crippen LogP contribution < -0.4 is 5.73 Å². The summed E-state index contributed by atoms with van der Waals surface area (Å²) >= 11 is 2.01. The lowest BCUT2D eigenvalue weighted by Crippen LogP contribution is -2.43. The Hall–Kier alpha value is 0.350. The summed E-state index contributed by atoms with van der Waals surface area (Å²) in [7, 11) is 0. The first-order valence-corrected chi connectivity index (χ1v) is 7.58. The van der Waals surface area contributed by atoms with Gasteiger partial charge in [0.15, 0.2) is 5.96 Å². The van der Waals surface area contributed by atoms with Gasteiger partial charge in [-0.3, -0.25) is 4.99 Å². The highest BCUT2D eigenvalue weighted by molar-refractivity contribution is 14.0. The molecule has 3 rings (SSSR count). The van der Waals surface area contributed by atoms with Gasteiger partial charge in [-0.1, -0.05) is 0 Å². The Morgan fingerprint density at radius 3 is 2.47 bits per heavy atom. The van der Waals surface area contributed by atoms with E-state index >= 15 is 0 Å². The van der Waals surface area contributed by atoms with Gasteiger partial charge in [0, 0.05) is 31.1 Å². The number of hydrogen-bond donors (Lipinski definition) is 1. The van der Waals surface area contributed by atoms with Gasteiger partial charge in [-0.05, 0) is 37.0 Å². The van der Waals surface area contributed by atoms with E-state index in [1.165, 1.54) is 37.2 Å². The summed E-state index contributed by atoms with van der Waals surface area (Å²) in [5.41, 5.74) is 6.66. The molecule has 0 unspecified atom stereocenters. The highest BCUT2D eigenvalue weighted by atomic mass is 127. The fourth-order valence-corrected chi connectivity index (χ4v) is 3.59. The smallest absolute Gasteiger partial charge is 0.191 e. The van der Waals surface area contributed by atoms with Crippen LogP contribution in [0.5, 0.6) is 0 Å². The van der Waals surface area contributed by atoms with Crippen molar-refractivity contribution < 1.29 is 0 Å². The minimum Gasteiger partial charge on any atom is -0.370 e. The first kappa shape index (κ1) is 13.8. The molecule has 0 aromatic heterocycles. The van der Waals surface area contributed by atoms with Crippen molar-refractivity contribution >= 4 is 41.7 Å². The molecule has 3 fully saturated rings. The van der Waals surface area contributed by atoms with Crippen molar-refractivity contribution in [2.45, 2.75) is 25.7 Å². The topological polar surface area (TPSA) is 41.6 Å². The molecular weight excluding hydrogens is 345 g/mol. The normalized spacial score (nSPS) is 27.5. The summed E-state index contributed by atoms with van der Waals surface area (Å²) in [4.78, 5) is 6.90. The van der Waals surface area contributed by atoms with Crippen LogP contribution in [0.2, 0.25) is 0 Å². The van der Waals surface area contributed by atoms with Gasteiger partial charge in [-0.2, -0.15) is 11.8 Å². The van der Waals surface area contributed by atoms with E-state index in [0.29, 0.717) is 5.41 Å². The van der Waals surface area contributed by atoms with Crippen LogP contribution in [0.4, 0.5) is 0 Å². The second kappa shape index (κ2) is 5.55. The van der Waals surface area contributed by atoms with E-state index in [2.05, 4.69) is 9.89 Å². The van der Waals surface area contributed by atoms with Gasteiger partial charge in [0.25, 0.3) is 0 Å². The maximum atomic E-state index is 6.07. The van der Waals surface area contributed by atoms with E-state index in [4.69, 9.17) is 5.73 Å². The van der Waals surface area contributed by atoms with Gasteiger partial charge in [0.05, 0.1) is 0 Å². The van der Waals surface area contributed by atoms with E-state index in [1.54, 1.807) is 0 Å². The molecule has 1 heterocycles. The lowest BCUT2D eigenvalue weighted by molar-refractivity contribution is 0.431. The molecule has 1 saturated heterocycles. The molecule has 0 amide bonds. The van der Waals surface area contributed by atoms with Crippen LogP contribution in [0.1, 0.15) is 25.7 Å². The Morgan fingerprint density at radius 1 is 1.29 bits per heavy atom. The number of halogens is 1. The zero-order valence-electron chi connectivity index (χ0n) is 10.2. The third-order valence-electron chi connectivity index (χ3n) is 4.23. The zero-order chi connectivity index (χ0) is 11.0. The van der Waals surface area contributed by atoms with Crippen molar-refractivity contribution in [3.8, 4) is 0 Å². The second-order valence-electron chi connectivity index (χ2n) is 5.41. The molecule has 0 spiro atoms. The average Bonchev–Trinajstić information content (AvgIpc) is 3.17. The number of nitrogens with zero attached hydrogens (tertiary/aromatic N) is 2. The number of aliphatic imine (C=N–C) groups is 1. The Balaban J connectivity index is 0.00000108. The number of guanidine groups is 1. The molecule has 98 valence electrons. The first-order chi connectivity index (χ1) is 7.80. The van der Waals surface area contributed by atoms with E-state index < -0.39 is 0 Å². The van der Waals surface area contributed by atoms with Crippen molar-refractivity contribution in [1.29, 1.82) is 0 Å². The van der Waals surface area contributed by atoms with Crippen LogP contribution in [0.25, 0.3) is 0 Å². The van der Waals surface area contributed by atoms with Crippen LogP contribution >= 0.6 is 35.7 Å². The highest BCUT2D eigenvalue weighted by Gasteiger charge is 2.53. The Bertz CT molecular complexity index is 294. The van der Waals surface area contributed by atoms with Crippen molar-refractivity contribution in [2.24, 2.45) is 22.1 Å². The van der Waals surface area contributed by atoms with Gasteiger partial charge in [0.2, 0.25) is 0 Å². The molecule has 2 saturated carbocycles. The standard InChI is InChI=1S/C12H21N3S.HI/c13-11(15-5-7-16-8-6-15)14-9-12(3-4-12)10-1-2-10;/h10H,1-9H2,(H2,13,14);1H. The molecule has 0 aromatic carbocycles. The summed E-state index contributed by atoms with van der Waals surface area (Å²) in [5, 5.41) is 0. The minimum absolute atomic E-state index is 0. The molecule has 17 heavy (non-hydrogen) atoms. The zero-order valence-corrected chi connectivity index (χ0v) is 13.4. The molecule has 0 bridgehead atoms. The highest BCUT2D eigenvalue weighted by Crippen LogP contribution is 2.61. The predicted molar refractivity (Wildman–Crippen MR) is 85.2 cm³/mol. The summed E-state index contributed by atoms with van der Waals surface area (Å²) < 4.78 is 0. The molecule has 0 radical (unpaired) electrons. The van der Waals surface area contributed by atoms with Crippen molar-refractivity contribution in [1.82, 2.24) is 4.90 Å². The van der Waals surface area contributed by atoms with E-state index in [-0.39, 0.29) is 24.0 Å². The van der Waals surface area contributed by atoms with Gasteiger partial charge < -0.3 is 10.6 Å². The van der Waals surface area contributed by atoms with Gasteiger partial charge in [0.1, 0.15) is 0 Å². The van der Waals surface area contributed by atoms with Gasteiger partial charge in [-0.15, -0.1) is 24.0 Å². The predicted octanol–water partition coefficient (Wildman–Crippen LogP) is 2.16. The van der Waals surface area contributed by atoms with Crippen LogP contribution in [0.3, 0.4) is 0 Å². The third kappa shape index (κ3) is 3.22. The van der Waals surface area contributed by atoms with Crippen molar-refractivity contribution in [2.75, 3.05) is 31.1 Å². The maximum absolute atomic E-state index is 6.07. The molecule has 0 atom stereocenters. The van der Waals surface area contributed by atoms with Crippen LogP contribution in [-0.2, 0) is 0 Å². The minimum atomic E-state index is 0. The lowest BCUT2D eigenvalue weighted by atomic mass is 10.0. The maximum Gasteiger partial charge on any atom is 0.191 e. The molecular formula is C12H22IN3S. The largest absolute Gasteiger partial charge is 0.370 e. The summed E-state index contributed by atoms with van der Waals surface area (Å²) in [6, 6.07) is 0. The van der Waals surface area contributed by atoms with E-state index in [0.717, 1.165) is 31.5 Å². The van der Waals surface area contributed by atoms with Crippen LogP contribution in [-0.4, -0.2) is 42.0 Å². The molecule has 2 N–H and O–H groups in total. The fourth-order valence-electron chi connectivity index (χ4n) is 2.68. The monoisotopic (exact) mass is 367 g/mol. The molecule has 0 aromatic rings. The van der Waals surface area contributed by atoms with E-state index in [1.807, 2.05) is 11.8 Å². The van der Waals surface area contributed by atoms with Crippen molar-refractivity contribution in [3.05, 3.63) is 0 Å². The molecule has 5 heteroatoms. The number of hydrogen-bond acceptors (Lipinski definition) is 2. The van der Waals surface area contributed by atoms with Crippen LogP contribution in [0.15, 0.2) is 4.99 Å². The van der Waals surface area contributed by atoms with E-state index in [9.17, 15) is 0 Å². The summed E-state index contributed by atoms with van der Waals surface area (Å²) in [6.45, 7) is 3.15. The Morgan fingerprint density at radius 2 is 1.94 bits per heavy atom. The average molecular weight is 367 g/mol. The van der Waals surface area contributed by atoms with Gasteiger partial charge in [-0.25, -0.2) is 0 Å². The quantitative estimate of drug-likeness (QED) is 0.472. The molecule has 3 nitrogen and oxygen atoms in total.